The van der Waals surface area contributed by atoms with Gasteiger partial charge in [0.15, 0.2) is 0 Å². The van der Waals surface area contributed by atoms with Crippen LogP contribution in [-0.4, -0.2) is 35.7 Å². The van der Waals surface area contributed by atoms with Gasteiger partial charge in [0.25, 0.3) is 0 Å². The number of urea groups is 1. The van der Waals surface area contributed by atoms with Crippen molar-refractivity contribution in [3.63, 3.8) is 0 Å². The number of nitrogens with zero attached hydrogens (tertiary/aromatic N) is 1. The number of likely N-dealkylation sites (N-methyl/N-ethyl adjacent to an activating group) is 1. The zero-order chi connectivity index (χ0) is 7.28. The van der Waals surface area contributed by atoms with Crippen LogP contribution < -0.4 is 5.73 Å². The second-order valence-electron chi connectivity index (χ2n) is 1.64. The Morgan fingerprint density at radius 2 is 2.33 bits per heavy atom. The van der Waals surface area contributed by atoms with Gasteiger partial charge in [-0.2, -0.15) is 0 Å². The maximum Gasteiger partial charge on any atom is 0.314 e. The molecular weight excluding hydrogens is 120 g/mol. The third-order valence-corrected chi connectivity index (χ3v) is 1.06. The number of carbonyl (C=O) groups is 1. The number of hydrogen-bond acceptors (Lipinski definition) is 2. The van der Waals surface area contributed by atoms with E-state index in [9.17, 15) is 4.79 Å². The monoisotopic (exact) mass is 132 g/mol. The molecule has 0 radical (unpaired) electrons. The Morgan fingerprint density at radius 1 is 1.78 bits per heavy atom. The highest BCUT2D eigenvalue weighted by Crippen LogP contribution is 1.83. The first kappa shape index (κ1) is 8.23. The Kier molecular flexibility index (Phi) is 3.79. The van der Waals surface area contributed by atoms with Crippen molar-refractivity contribution in [1.29, 1.82) is 0 Å². The summed E-state index contributed by atoms with van der Waals surface area (Å²) < 4.78 is 0. The van der Waals surface area contributed by atoms with Crippen LogP contribution in [0.25, 0.3) is 0 Å². The fraction of sp³-hybridized carbons (Fsp3) is 0.800. The highest BCUT2D eigenvalue weighted by molar-refractivity contribution is 5.71. The van der Waals surface area contributed by atoms with E-state index < -0.39 is 6.03 Å². The number of aliphatic hydroxyl groups excluding tert-OH is 1. The van der Waals surface area contributed by atoms with Gasteiger partial charge in [-0.1, -0.05) is 0 Å². The van der Waals surface area contributed by atoms with E-state index in [0.29, 0.717) is 13.1 Å². The Balaban J connectivity index is 3.54. The molecule has 3 N–H and O–H groups in total. The lowest BCUT2D eigenvalue weighted by Crippen LogP contribution is -2.37. The molecular formula is C5H12N2O2. The van der Waals surface area contributed by atoms with Crippen LogP contribution in [0.5, 0.6) is 0 Å². The van der Waals surface area contributed by atoms with Gasteiger partial charge in [0.05, 0.1) is 6.61 Å². The van der Waals surface area contributed by atoms with Gasteiger partial charge in [0, 0.05) is 13.1 Å². The molecule has 0 aromatic carbocycles. The molecule has 0 fully saturated rings. The van der Waals surface area contributed by atoms with Gasteiger partial charge in [0.2, 0.25) is 0 Å². The molecule has 0 aliphatic carbocycles. The van der Waals surface area contributed by atoms with Gasteiger partial charge in [-0.25, -0.2) is 4.79 Å². The first-order valence-corrected chi connectivity index (χ1v) is 2.87. The number of hydrogen-bond donors (Lipinski definition) is 2. The average Bonchev–Trinajstić information content (AvgIpc) is 1.82. The molecule has 4 heteroatoms. The predicted octanol–water partition coefficient (Wildman–Crippen LogP) is -0.621. The van der Waals surface area contributed by atoms with Crippen molar-refractivity contribution in [1.82, 2.24) is 4.90 Å². The van der Waals surface area contributed by atoms with Gasteiger partial charge in [-0.3, -0.25) is 0 Å². The van der Waals surface area contributed by atoms with Crippen molar-refractivity contribution >= 4 is 6.03 Å². The minimum atomic E-state index is -0.480. The fourth-order valence-electron chi connectivity index (χ4n) is 0.545. The molecule has 0 saturated heterocycles. The summed E-state index contributed by atoms with van der Waals surface area (Å²) in [6, 6.07) is -0.480. The number of aliphatic hydroxyl groups is 1. The summed E-state index contributed by atoms with van der Waals surface area (Å²) in [6.07, 6.45) is 0. The second kappa shape index (κ2) is 4.14. The van der Waals surface area contributed by atoms with E-state index in [1.807, 2.05) is 0 Å². The second-order valence-corrected chi connectivity index (χ2v) is 1.64. The van der Waals surface area contributed by atoms with E-state index in [2.05, 4.69) is 0 Å². The smallest absolute Gasteiger partial charge is 0.314 e. The number of nitrogens with two attached hydrogens (primary N) is 1. The van der Waals surface area contributed by atoms with Crippen LogP contribution in [0.1, 0.15) is 6.92 Å². The molecule has 0 aromatic rings. The van der Waals surface area contributed by atoms with E-state index in [1.54, 1.807) is 6.92 Å². The Bertz CT molecular complexity index is 95.0. The Morgan fingerprint density at radius 3 is 2.44 bits per heavy atom. The van der Waals surface area contributed by atoms with E-state index in [4.69, 9.17) is 10.8 Å². The van der Waals surface area contributed by atoms with Crippen LogP contribution in [0.15, 0.2) is 0 Å². The zero-order valence-corrected chi connectivity index (χ0v) is 5.50. The van der Waals surface area contributed by atoms with Gasteiger partial charge < -0.3 is 15.7 Å². The largest absolute Gasteiger partial charge is 0.395 e. The highest BCUT2D eigenvalue weighted by atomic mass is 16.3. The molecule has 0 bridgehead atoms. The van der Waals surface area contributed by atoms with Gasteiger partial charge in [-0.05, 0) is 6.92 Å². The van der Waals surface area contributed by atoms with Crippen molar-refractivity contribution < 1.29 is 9.90 Å². The Hall–Kier alpha value is -0.770. The normalized spacial score (nSPS) is 9.11. The van der Waals surface area contributed by atoms with Crippen molar-refractivity contribution in [2.75, 3.05) is 19.7 Å². The molecule has 0 atom stereocenters. The van der Waals surface area contributed by atoms with Gasteiger partial charge in [0.1, 0.15) is 0 Å². The highest BCUT2D eigenvalue weighted by Gasteiger charge is 2.03. The van der Waals surface area contributed by atoms with E-state index >= 15 is 0 Å². The van der Waals surface area contributed by atoms with E-state index in [0.717, 1.165) is 0 Å². The molecule has 0 saturated carbocycles. The minimum absolute atomic E-state index is 0.0310. The van der Waals surface area contributed by atoms with Gasteiger partial charge >= 0.3 is 6.03 Å². The van der Waals surface area contributed by atoms with Crippen molar-refractivity contribution in [2.45, 2.75) is 6.92 Å². The molecule has 4 nitrogen and oxygen atoms in total. The molecule has 0 spiro atoms. The molecule has 2 amide bonds. The average molecular weight is 132 g/mol. The molecule has 54 valence electrons. The summed E-state index contributed by atoms with van der Waals surface area (Å²) in [5, 5.41) is 8.37. The summed E-state index contributed by atoms with van der Waals surface area (Å²) in [5.74, 6) is 0. The van der Waals surface area contributed by atoms with Crippen LogP contribution in [0.3, 0.4) is 0 Å². The van der Waals surface area contributed by atoms with Crippen LogP contribution >= 0.6 is 0 Å². The SMILES string of the molecule is CCN(CCO)C(N)=O. The molecule has 0 aliphatic heterocycles. The number of carbonyl (C=O) groups excluding carboxylic acids is 1. The molecule has 0 unspecified atom stereocenters. The molecule has 0 aromatic heterocycles. The summed E-state index contributed by atoms with van der Waals surface area (Å²) >= 11 is 0. The first-order valence-electron chi connectivity index (χ1n) is 2.87. The van der Waals surface area contributed by atoms with Crippen LogP contribution in [0.2, 0.25) is 0 Å². The topological polar surface area (TPSA) is 66.6 Å². The van der Waals surface area contributed by atoms with Crippen molar-refractivity contribution in [3.8, 4) is 0 Å². The fourth-order valence-corrected chi connectivity index (χ4v) is 0.545. The van der Waals surface area contributed by atoms with Crippen LogP contribution in [0, 0.1) is 0 Å². The number of amides is 2. The molecule has 0 aliphatic rings. The summed E-state index contributed by atoms with van der Waals surface area (Å²) in [4.78, 5) is 11.7. The summed E-state index contributed by atoms with van der Waals surface area (Å²) in [6.45, 7) is 2.65. The third-order valence-electron chi connectivity index (χ3n) is 1.06. The summed E-state index contributed by atoms with van der Waals surface area (Å²) in [5.41, 5.74) is 4.91. The lowest BCUT2D eigenvalue weighted by Gasteiger charge is -2.15. The van der Waals surface area contributed by atoms with Crippen molar-refractivity contribution in [3.05, 3.63) is 0 Å². The lowest BCUT2D eigenvalue weighted by atomic mass is 10.5. The lowest BCUT2D eigenvalue weighted by molar-refractivity contribution is 0.188. The number of primary amides is 1. The van der Waals surface area contributed by atoms with Crippen LogP contribution in [0.4, 0.5) is 4.79 Å². The minimum Gasteiger partial charge on any atom is -0.395 e. The van der Waals surface area contributed by atoms with E-state index in [1.165, 1.54) is 4.90 Å². The molecule has 0 heterocycles. The standard InChI is InChI=1S/C5H12N2O2/c1-2-7(3-4-8)5(6)9/h8H,2-4H2,1H3,(H2,6,9). The Labute approximate surface area is 54.3 Å². The van der Waals surface area contributed by atoms with Crippen molar-refractivity contribution in [2.24, 2.45) is 5.73 Å². The predicted molar refractivity (Wildman–Crippen MR) is 33.9 cm³/mol. The molecule has 0 rings (SSSR count). The van der Waals surface area contributed by atoms with E-state index in [-0.39, 0.29) is 6.61 Å². The maximum absolute atomic E-state index is 10.4. The third kappa shape index (κ3) is 2.92. The maximum atomic E-state index is 10.4. The summed E-state index contributed by atoms with van der Waals surface area (Å²) in [7, 11) is 0. The van der Waals surface area contributed by atoms with Gasteiger partial charge in [-0.15, -0.1) is 0 Å². The quantitative estimate of drug-likeness (QED) is 0.537. The van der Waals surface area contributed by atoms with Crippen LogP contribution in [-0.2, 0) is 0 Å². The first-order chi connectivity index (χ1) is 4.22. The number of rotatable bonds is 3. The zero-order valence-electron chi connectivity index (χ0n) is 5.50. The molecule has 9 heavy (non-hydrogen) atoms.